The van der Waals surface area contributed by atoms with Crippen LogP contribution >= 0.6 is 11.6 Å². The average molecular weight is 451 g/mol. The van der Waals surface area contributed by atoms with E-state index >= 15 is 0 Å². The van der Waals surface area contributed by atoms with Crippen LogP contribution in [0, 0.1) is 5.82 Å². The number of halogens is 5. The third-order valence-electron chi connectivity index (χ3n) is 4.58. The second kappa shape index (κ2) is 9.96. The molecule has 1 atom stereocenters. The minimum absolute atomic E-state index is 0.0365. The molecule has 7 heteroatoms. The highest BCUT2D eigenvalue weighted by molar-refractivity contribution is 6.29. The monoisotopic (exact) mass is 450 g/mol. The second-order valence-electron chi connectivity index (χ2n) is 7.09. The predicted molar refractivity (Wildman–Crippen MR) is 119 cm³/mol. The zero-order valence-corrected chi connectivity index (χ0v) is 17.8. The molecule has 0 amide bonds. The van der Waals surface area contributed by atoms with Gasteiger partial charge >= 0.3 is 6.18 Å². The lowest BCUT2D eigenvalue weighted by atomic mass is 9.78. The molecule has 0 saturated carbocycles. The lowest BCUT2D eigenvalue weighted by Crippen LogP contribution is -2.48. The van der Waals surface area contributed by atoms with E-state index in [1.165, 1.54) is 12.3 Å². The summed E-state index contributed by atoms with van der Waals surface area (Å²) in [5, 5.41) is 3.60. The van der Waals surface area contributed by atoms with Crippen molar-refractivity contribution >= 4 is 17.3 Å². The van der Waals surface area contributed by atoms with Gasteiger partial charge < -0.3 is 5.32 Å². The summed E-state index contributed by atoms with van der Waals surface area (Å²) >= 11 is 6.10. The van der Waals surface area contributed by atoms with Crippen LogP contribution in [0.15, 0.2) is 95.8 Å². The van der Waals surface area contributed by atoms with Crippen molar-refractivity contribution in [3.8, 4) is 0 Å². The van der Waals surface area contributed by atoms with Gasteiger partial charge in [0.25, 0.3) is 0 Å². The molecule has 0 fully saturated rings. The summed E-state index contributed by atoms with van der Waals surface area (Å²) in [4.78, 5) is 4.42. The van der Waals surface area contributed by atoms with Crippen molar-refractivity contribution in [2.45, 2.75) is 31.5 Å². The molecule has 0 unspecified atom stereocenters. The van der Waals surface area contributed by atoms with Gasteiger partial charge in [0.2, 0.25) is 0 Å². The second-order valence-corrected chi connectivity index (χ2v) is 7.58. The molecule has 0 aliphatic carbocycles. The molecule has 1 aromatic carbocycles. The SMILES string of the molecule is C=C/C=C(\C=C)C[C@@](NC(=C)C)(C1=NC=C(Cl)CC=C1)c1cc(F)cc(C(F)(F)F)c1. The Hall–Kier alpha value is -2.86. The van der Waals surface area contributed by atoms with Crippen LogP contribution in [0.5, 0.6) is 0 Å². The lowest BCUT2D eigenvalue weighted by Gasteiger charge is -2.37. The maximum absolute atomic E-state index is 14.4. The molecule has 0 aromatic heterocycles. The smallest absolute Gasteiger partial charge is 0.374 e. The van der Waals surface area contributed by atoms with Crippen molar-refractivity contribution in [3.63, 3.8) is 0 Å². The van der Waals surface area contributed by atoms with Gasteiger partial charge in [0.15, 0.2) is 0 Å². The summed E-state index contributed by atoms with van der Waals surface area (Å²) in [6, 6.07) is 2.44. The Bertz CT molecular complexity index is 999. The van der Waals surface area contributed by atoms with Gasteiger partial charge in [-0.3, -0.25) is 4.99 Å². The normalized spacial score (nSPS) is 16.5. The Morgan fingerprint density at radius 2 is 1.90 bits per heavy atom. The standard InChI is InChI=1S/C24H23ClF4N2/c1-5-8-17(6-2)14-23(31-16(3)4,22-10-7-9-20(25)15-30-22)18-11-19(24(27,28)29)13-21(26)12-18/h5-8,10-13,15,31H,1-3,9,14H2,4H3/b17-8+/t23-/m0/s1. The Kier molecular flexibility index (Phi) is 7.85. The highest BCUT2D eigenvalue weighted by Gasteiger charge is 2.40. The van der Waals surface area contributed by atoms with Crippen LogP contribution in [-0.2, 0) is 11.7 Å². The Balaban J connectivity index is 2.90. The molecule has 0 bridgehead atoms. The first-order valence-electron chi connectivity index (χ1n) is 9.37. The summed E-state index contributed by atoms with van der Waals surface area (Å²) in [5.74, 6) is -1.02. The lowest BCUT2D eigenvalue weighted by molar-refractivity contribution is -0.137. The van der Waals surface area contributed by atoms with Gasteiger partial charge in [0.1, 0.15) is 11.4 Å². The molecule has 164 valence electrons. The number of nitrogens with zero attached hydrogens (tertiary/aromatic N) is 1. The first-order valence-corrected chi connectivity index (χ1v) is 9.75. The highest BCUT2D eigenvalue weighted by atomic mass is 35.5. The van der Waals surface area contributed by atoms with Crippen molar-refractivity contribution in [1.29, 1.82) is 0 Å². The number of rotatable bonds is 8. The predicted octanol–water partition coefficient (Wildman–Crippen LogP) is 7.33. The van der Waals surface area contributed by atoms with E-state index in [1.54, 1.807) is 31.2 Å². The van der Waals surface area contributed by atoms with Gasteiger partial charge in [0, 0.05) is 29.8 Å². The number of benzene rings is 1. The van der Waals surface area contributed by atoms with E-state index in [-0.39, 0.29) is 12.0 Å². The first-order chi connectivity index (χ1) is 14.5. The maximum Gasteiger partial charge on any atom is 0.416 e. The van der Waals surface area contributed by atoms with Crippen LogP contribution < -0.4 is 5.32 Å². The van der Waals surface area contributed by atoms with E-state index in [2.05, 4.69) is 30.0 Å². The molecule has 2 rings (SSSR count). The molecule has 0 spiro atoms. The fraction of sp³-hybridized carbons (Fsp3) is 0.208. The molecule has 1 N–H and O–H groups in total. The summed E-state index contributed by atoms with van der Waals surface area (Å²) in [6.45, 7) is 13.0. The van der Waals surface area contributed by atoms with Gasteiger partial charge in [0.05, 0.1) is 11.3 Å². The minimum Gasteiger partial charge on any atom is -0.374 e. The summed E-state index contributed by atoms with van der Waals surface area (Å²) in [7, 11) is 0. The van der Waals surface area contributed by atoms with Crippen molar-refractivity contribution in [1.82, 2.24) is 5.32 Å². The zero-order valence-electron chi connectivity index (χ0n) is 17.1. The fourth-order valence-electron chi connectivity index (χ4n) is 3.31. The average Bonchev–Trinajstić information content (AvgIpc) is 2.90. The molecule has 31 heavy (non-hydrogen) atoms. The van der Waals surface area contributed by atoms with E-state index < -0.39 is 23.1 Å². The van der Waals surface area contributed by atoms with Crippen molar-refractivity contribution in [3.05, 3.63) is 108 Å². The number of aliphatic imine (C=N–C) groups is 1. The number of hydrogen-bond donors (Lipinski definition) is 1. The Labute approximate surface area is 184 Å². The minimum atomic E-state index is -4.73. The van der Waals surface area contributed by atoms with Crippen molar-refractivity contribution < 1.29 is 17.6 Å². The van der Waals surface area contributed by atoms with Gasteiger partial charge in [-0.15, -0.1) is 0 Å². The number of allylic oxidation sites excluding steroid dienone is 6. The molecular formula is C24H23ClF4N2. The number of nitrogens with one attached hydrogen (secondary N) is 1. The maximum atomic E-state index is 14.4. The van der Waals surface area contributed by atoms with Crippen molar-refractivity contribution in [2.75, 3.05) is 0 Å². The Morgan fingerprint density at radius 1 is 1.23 bits per heavy atom. The molecule has 1 aliphatic rings. The van der Waals surface area contributed by atoms with Gasteiger partial charge in [-0.05, 0) is 42.3 Å². The summed E-state index contributed by atoms with van der Waals surface area (Å²) < 4.78 is 54.9. The molecular weight excluding hydrogens is 428 g/mol. The van der Waals surface area contributed by atoms with E-state index in [0.29, 0.717) is 34.5 Å². The molecule has 0 radical (unpaired) electrons. The molecule has 0 saturated heterocycles. The largest absolute Gasteiger partial charge is 0.416 e. The van der Waals surface area contributed by atoms with E-state index in [4.69, 9.17) is 11.6 Å². The Morgan fingerprint density at radius 3 is 2.48 bits per heavy atom. The fourth-order valence-corrected chi connectivity index (χ4v) is 3.45. The molecule has 2 nitrogen and oxygen atoms in total. The van der Waals surface area contributed by atoms with Crippen molar-refractivity contribution in [2.24, 2.45) is 4.99 Å². The number of alkyl halides is 3. The van der Waals surface area contributed by atoms with Crippen LogP contribution in [0.4, 0.5) is 17.6 Å². The van der Waals surface area contributed by atoms with E-state index in [9.17, 15) is 17.6 Å². The van der Waals surface area contributed by atoms with Crippen LogP contribution in [0.2, 0.25) is 0 Å². The highest BCUT2D eigenvalue weighted by Crippen LogP contribution is 2.38. The van der Waals surface area contributed by atoms with E-state index in [0.717, 1.165) is 12.1 Å². The number of hydrogen-bond acceptors (Lipinski definition) is 2. The summed E-state index contributed by atoms with van der Waals surface area (Å²) in [6.07, 6.45) is 5.39. The zero-order chi connectivity index (χ0) is 23.2. The third-order valence-corrected chi connectivity index (χ3v) is 4.83. The van der Waals surface area contributed by atoms with Crippen LogP contribution in [-0.4, -0.2) is 5.71 Å². The van der Waals surface area contributed by atoms with Gasteiger partial charge in [-0.2, -0.15) is 13.2 Å². The third kappa shape index (κ3) is 6.07. The quantitative estimate of drug-likeness (QED) is 0.325. The van der Waals surface area contributed by atoms with Crippen LogP contribution in [0.25, 0.3) is 0 Å². The first kappa shape index (κ1) is 24.4. The van der Waals surface area contributed by atoms with Gasteiger partial charge in [-0.25, -0.2) is 4.39 Å². The van der Waals surface area contributed by atoms with Crippen LogP contribution in [0.1, 0.15) is 30.9 Å². The topological polar surface area (TPSA) is 24.4 Å². The molecule has 1 aromatic rings. The van der Waals surface area contributed by atoms with Crippen LogP contribution in [0.3, 0.4) is 0 Å². The molecule has 1 heterocycles. The molecule has 1 aliphatic heterocycles. The summed E-state index contributed by atoms with van der Waals surface area (Å²) in [5.41, 5.74) is -0.996. The van der Waals surface area contributed by atoms with Gasteiger partial charge in [-0.1, -0.05) is 55.6 Å². The van der Waals surface area contributed by atoms with E-state index in [1.807, 2.05) is 0 Å².